The molecule has 0 bridgehead atoms. The maximum absolute atomic E-state index is 13.4. The van der Waals surface area contributed by atoms with E-state index in [-0.39, 0.29) is 23.7 Å². The number of benzene rings is 3. The van der Waals surface area contributed by atoms with Crippen LogP contribution in [0.15, 0.2) is 72.8 Å². The number of carbonyl (C=O) groups excluding carboxylic acids is 1. The second kappa shape index (κ2) is 8.54. The summed E-state index contributed by atoms with van der Waals surface area (Å²) < 4.78 is 18.9. The van der Waals surface area contributed by atoms with Gasteiger partial charge in [-0.1, -0.05) is 24.3 Å². The lowest BCUT2D eigenvalue weighted by Crippen LogP contribution is -2.60. The molecule has 2 unspecified atom stereocenters. The summed E-state index contributed by atoms with van der Waals surface area (Å²) in [6.45, 7) is 2.26. The van der Waals surface area contributed by atoms with Gasteiger partial charge < -0.3 is 19.9 Å². The van der Waals surface area contributed by atoms with Crippen molar-refractivity contribution in [1.82, 2.24) is 0 Å². The molecule has 164 valence electrons. The monoisotopic (exact) mass is 431 g/mol. The van der Waals surface area contributed by atoms with Crippen LogP contribution in [0.4, 0.5) is 21.5 Å². The van der Waals surface area contributed by atoms with Crippen molar-refractivity contribution in [2.24, 2.45) is 5.92 Å². The van der Waals surface area contributed by atoms with Crippen molar-refractivity contribution in [3.05, 3.63) is 84.2 Å². The fraction of sp³-hybridized carbons (Fsp3) is 0.269. The van der Waals surface area contributed by atoms with Crippen molar-refractivity contribution in [2.45, 2.75) is 12.5 Å². The number of methoxy groups -OCH3 is 1. The van der Waals surface area contributed by atoms with E-state index in [0.717, 1.165) is 41.5 Å². The Balaban J connectivity index is 1.47. The van der Waals surface area contributed by atoms with Crippen LogP contribution in [0.5, 0.6) is 5.75 Å². The Bertz CT molecular complexity index is 1100. The van der Waals surface area contributed by atoms with E-state index in [0.29, 0.717) is 13.0 Å². The molecule has 2 atom stereocenters. The van der Waals surface area contributed by atoms with Crippen LogP contribution in [0.3, 0.4) is 0 Å². The summed E-state index contributed by atoms with van der Waals surface area (Å²) in [6.07, 6.45) is 0.663. The van der Waals surface area contributed by atoms with Gasteiger partial charge in [0.2, 0.25) is 5.91 Å². The molecule has 1 saturated heterocycles. The molecule has 1 amide bonds. The fourth-order valence-corrected chi connectivity index (χ4v) is 4.85. The summed E-state index contributed by atoms with van der Waals surface area (Å²) in [6, 6.07) is 22.3. The van der Waals surface area contributed by atoms with Crippen LogP contribution in [0.1, 0.15) is 5.56 Å². The van der Waals surface area contributed by atoms with Crippen LogP contribution in [0.25, 0.3) is 0 Å². The molecule has 2 aliphatic heterocycles. The fourth-order valence-electron chi connectivity index (χ4n) is 4.85. The van der Waals surface area contributed by atoms with Gasteiger partial charge >= 0.3 is 0 Å². The van der Waals surface area contributed by atoms with Gasteiger partial charge in [0.1, 0.15) is 11.6 Å². The molecule has 5 nitrogen and oxygen atoms in total. The number of nitrogens with one attached hydrogen (secondary N) is 1. The molecule has 0 spiro atoms. The highest BCUT2D eigenvalue weighted by Gasteiger charge is 2.41. The number of ether oxygens (including phenoxy) is 1. The van der Waals surface area contributed by atoms with Gasteiger partial charge in [0.05, 0.1) is 19.1 Å². The van der Waals surface area contributed by atoms with E-state index in [4.69, 9.17) is 4.74 Å². The van der Waals surface area contributed by atoms with E-state index in [2.05, 4.69) is 27.2 Å². The highest BCUT2D eigenvalue weighted by molar-refractivity contribution is 5.94. The molecular formula is C26H26FN3O2. The standard InChI is InChI=1S/C26H26FN3O2/c1-32-22-12-7-18-15-23(26(31)28-20-5-3-2-4-6-20)25-17-29(13-14-30(25)24(18)16-22)21-10-8-19(27)9-11-21/h2-12,16,23,25H,13-15,17H2,1H3,(H,28,31). The van der Waals surface area contributed by atoms with Gasteiger partial charge in [-0.2, -0.15) is 0 Å². The van der Waals surface area contributed by atoms with E-state index < -0.39 is 0 Å². The first kappa shape index (κ1) is 20.4. The zero-order valence-electron chi connectivity index (χ0n) is 18.0. The molecule has 5 rings (SSSR count). The van der Waals surface area contributed by atoms with Crippen LogP contribution in [-0.2, 0) is 11.2 Å². The molecule has 6 heteroatoms. The number of para-hydroxylation sites is 1. The highest BCUT2D eigenvalue weighted by atomic mass is 19.1. The van der Waals surface area contributed by atoms with Crippen molar-refractivity contribution in [3.63, 3.8) is 0 Å². The van der Waals surface area contributed by atoms with Gasteiger partial charge in [-0.3, -0.25) is 4.79 Å². The maximum atomic E-state index is 13.4. The molecule has 2 heterocycles. The quantitative estimate of drug-likeness (QED) is 0.668. The third-order valence-corrected chi connectivity index (χ3v) is 6.49. The molecule has 3 aromatic carbocycles. The maximum Gasteiger partial charge on any atom is 0.229 e. The van der Waals surface area contributed by atoms with Crippen LogP contribution in [0, 0.1) is 11.7 Å². The van der Waals surface area contributed by atoms with E-state index >= 15 is 0 Å². The topological polar surface area (TPSA) is 44.8 Å². The predicted octanol–water partition coefficient (Wildman–Crippen LogP) is 4.34. The number of carbonyl (C=O) groups is 1. The first-order valence-electron chi connectivity index (χ1n) is 10.9. The molecule has 3 aromatic rings. The van der Waals surface area contributed by atoms with Crippen molar-refractivity contribution < 1.29 is 13.9 Å². The molecule has 0 aliphatic carbocycles. The number of amides is 1. The summed E-state index contributed by atoms with van der Waals surface area (Å²) in [5.74, 6) is 0.384. The normalized spacial score (nSPS) is 19.7. The van der Waals surface area contributed by atoms with Crippen LogP contribution in [-0.4, -0.2) is 38.7 Å². The van der Waals surface area contributed by atoms with Crippen molar-refractivity contribution in [3.8, 4) is 5.75 Å². The SMILES string of the molecule is COc1ccc2c(c1)N1CCN(c3ccc(F)cc3)CC1C(C(=O)Nc1ccccc1)C2. The zero-order valence-corrected chi connectivity index (χ0v) is 18.0. The second-order valence-electron chi connectivity index (χ2n) is 8.34. The van der Waals surface area contributed by atoms with Crippen LogP contribution >= 0.6 is 0 Å². The summed E-state index contributed by atoms with van der Waals surface area (Å²) in [5, 5.41) is 3.10. The lowest BCUT2D eigenvalue weighted by Gasteiger charge is -2.49. The predicted molar refractivity (Wildman–Crippen MR) is 125 cm³/mol. The minimum absolute atomic E-state index is 0.00267. The number of hydrogen-bond donors (Lipinski definition) is 1. The van der Waals surface area contributed by atoms with Crippen molar-refractivity contribution in [1.29, 1.82) is 0 Å². The Kier molecular flexibility index (Phi) is 5.43. The van der Waals surface area contributed by atoms with Gasteiger partial charge in [-0.25, -0.2) is 4.39 Å². The van der Waals surface area contributed by atoms with E-state index in [1.807, 2.05) is 48.5 Å². The third-order valence-electron chi connectivity index (χ3n) is 6.49. The molecule has 0 radical (unpaired) electrons. The number of nitrogens with zero attached hydrogens (tertiary/aromatic N) is 2. The van der Waals surface area contributed by atoms with Gasteiger partial charge in [0.15, 0.2) is 0 Å². The van der Waals surface area contributed by atoms with Crippen LogP contribution < -0.4 is 19.9 Å². The Hall–Kier alpha value is -3.54. The molecule has 1 fully saturated rings. The lowest BCUT2D eigenvalue weighted by molar-refractivity contribution is -0.120. The number of fused-ring (bicyclic) bond motifs is 3. The first-order valence-corrected chi connectivity index (χ1v) is 10.9. The smallest absolute Gasteiger partial charge is 0.229 e. The Morgan fingerprint density at radius 3 is 2.56 bits per heavy atom. The van der Waals surface area contributed by atoms with E-state index in [9.17, 15) is 9.18 Å². The lowest BCUT2D eigenvalue weighted by atomic mass is 9.83. The van der Waals surface area contributed by atoms with Gasteiger partial charge in [-0.05, 0) is 54.4 Å². The molecule has 0 saturated carbocycles. The van der Waals surface area contributed by atoms with Crippen molar-refractivity contribution >= 4 is 23.0 Å². The number of hydrogen-bond acceptors (Lipinski definition) is 4. The minimum atomic E-state index is -0.244. The Morgan fingerprint density at radius 2 is 1.81 bits per heavy atom. The molecule has 0 aromatic heterocycles. The van der Waals surface area contributed by atoms with Gasteiger partial charge in [0.25, 0.3) is 0 Å². The Labute approximate surface area is 187 Å². The molecule has 1 N–H and O–H groups in total. The number of piperazine rings is 1. The van der Waals surface area contributed by atoms with E-state index in [1.54, 1.807) is 7.11 Å². The number of halogens is 1. The van der Waals surface area contributed by atoms with Gasteiger partial charge in [-0.15, -0.1) is 0 Å². The average molecular weight is 432 g/mol. The second-order valence-corrected chi connectivity index (χ2v) is 8.34. The Morgan fingerprint density at radius 1 is 1.03 bits per heavy atom. The summed E-state index contributed by atoms with van der Waals surface area (Å²) >= 11 is 0. The molecular weight excluding hydrogens is 405 g/mol. The minimum Gasteiger partial charge on any atom is -0.497 e. The first-order chi connectivity index (χ1) is 15.6. The van der Waals surface area contributed by atoms with E-state index in [1.165, 1.54) is 12.1 Å². The summed E-state index contributed by atoms with van der Waals surface area (Å²) in [4.78, 5) is 18.0. The number of anilines is 3. The van der Waals surface area contributed by atoms with Crippen molar-refractivity contribution in [2.75, 3.05) is 41.9 Å². The average Bonchev–Trinajstić information content (AvgIpc) is 2.84. The third kappa shape index (κ3) is 3.88. The largest absolute Gasteiger partial charge is 0.497 e. The summed E-state index contributed by atoms with van der Waals surface area (Å²) in [5.41, 5.74) is 4.07. The van der Waals surface area contributed by atoms with Crippen LogP contribution in [0.2, 0.25) is 0 Å². The molecule has 2 aliphatic rings. The highest BCUT2D eigenvalue weighted by Crippen LogP contribution is 2.39. The molecule has 32 heavy (non-hydrogen) atoms. The van der Waals surface area contributed by atoms with Gasteiger partial charge in [0, 0.05) is 42.8 Å². The zero-order chi connectivity index (χ0) is 22.1. The number of rotatable bonds is 4. The summed E-state index contributed by atoms with van der Waals surface area (Å²) in [7, 11) is 1.67.